The first-order valence-corrected chi connectivity index (χ1v) is 6.41. The third kappa shape index (κ3) is 5.14. The monoisotopic (exact) mass is 268 g/mol. The van der Waals surface area contributed by atoms with E-state index in [0.717, 1.165) is 24.6 Å². The Hall–Kier alpha value is -0.600. The SMILES string of the molecule is OCCCc1ccc(C=CCCBr)cc1. The number of aliphatic hydroxyl groups is 1. The van der Waals surface area contributed by atoms with Crippen molar-refractivity contribution >= 4 is 22.0 Å². The molecule has 2 heteroatoms. The minimum absolute atomic E-state index is 0.271. The standard InChI is InChI=1S/C13H17BrO/c14-10-2-1-4-12-6-8-13(9-7-12)5-3-11-15/h1,4,6-9,15H,2-3,5,10-11H2. The molecule has 0 saturated heterocycles. The van der Waals surface area contributed by atoms with Crippen LogP contribution in [0.2, 0.25) is 0 Å². The second-order valence-electron chi connectivity index (χ2n) is 3.45. The van der Waals surface area contributed by atoms with Gasteiger partial charge in [-0.1, -0.05) is 52.3 Å². The average Bonchev–Trinajstić information content (AvgIpc) is 2.28. The molecule has 82 valence electrons. The fourth-order valence-corrected chi connectivity index (χ4v) is 1.63. The minimum atomic E-state index is 0.271. The van der Waals surface area contributed by atoms with Gasteiger partial charge in [-0.05, 0) is 30.4 Å². The molecule has 0 bridgehead atoms. The first kappa shape index (κ1) is 12.5. The predicted octanol–water partition coefficient (Wildman–Crippen LogP) is 3.41. The van der Waals surface area contributed by atoms with E-state index in [0.29, 0.717) is 0 Å². The van der Waals surface area contributed by atoms with E-state index >= 15 is 0 Å². The molecule has 0 heterocycles. The molecule has 0 aliphatic rings. The van der Waals surface area contributed by atoms with Gasteiger partial charge >= 0.3 is 0 Å². The van der Waals surface area contributed by atoms with E-state index in [9.17, 15) is 0 Å². The van der Waals surface area contributed by atoms with Crippen LogP contribution in [0.3, 0.4) is 0 Å². The van der Waals surface area contributed by atoms with Gasteiger partial charge in [0.1, 0.15) is 0 Å². The highest BCUT2D eigenvalue weighted by atomic mass is 79.9. The quantitative estimate of drug-likeness (QED) is 0.785. The molecule has 0 spiro atoms. The Bertz CT molecular complexity index is 290. The van der Waals surface area contributed by atoms with E-state index in [1.807, 2.05) is 0 Å². The summed E-state index contributed by atoms with van der Waals surface area (Å²) in [5, 5.41) is 9.72. The van der Waals surface area contributed by atoms with Crippen molar-refractivity contribution in [3.05, 3.63) is 41.5 Å². The second-order valence-corrected chi connectivity index (χ2v) is 4.24. The lowest BCUT2D eigenvalue weighted by Crippen LogP contribution is -1.88. The van der Waals surface area contributed by atoms with Crippen LogP contribution >= 0.6 is 15.9 Å². The number of benzene rings is 1. The molecule has 0 aliphatic heterocycles. The van der Waals surface area contributed by atoms with Gasteiger partial charge in [0.25, 0.3) is 0 Å². The average molecular weight is 269 g/mol. The number of hydrogen-bond acceptors (Lipinski definition) is 1. The topological polar surface area (TPSA) is 20.2 Å². The van der Waals surface area contributed by atoms with E-state index in [1.54, 1.807) is 0 Å². The molecule has 1 nitrogen and oxygen atoms in total. The number of hydrogen-bond donors (Lipinski definition) is 1. The minimum Gasteiger partial charge on any atom is -0.396 e. The van der Waals surface area contributed by atoms with Gasteiger partial charge in [-0.2, -0.15) is 0 Å². The summed E-state index contributed by atoms with van der Waals surface area (Å²) in [6, 6.07) is 8.50. The third-order valence-electron chi connectivity index (χ3n) is 2.19. The molecule has 0 amide bonds. The van der Waals surface area contributed by atoms with Crippen molar-refractivity contribution in [2.24, 2.45) is 0 Å². The molecule has 1 rings (SSSR count). The molecule has 0 unspecified atom stereocenters. The van der Waals surface area contributed by atoms with Crippen molar-refractivity contribution in [2.45, 2.75) is 19.3 Å². The van der Waals surface area contributed by atoms with E-state index < -0.39 is 0 Å². The molecule has 0 radical (unpaired) electrons. The summed E-state index contributed by atoms with van der Waals surface area (Å²) >= 11 is 3.39. The van der Waals surface area contributed by atoms with Gasteiger partial charge in [-0.25, -0.2) is 0 Å². The first-order valence-electron chi connectivity index (χ1n) is 5.29. The van der Waals surface area contributed by atoms with Gasteiger partial charge in [0.05, 0.1) is 0 Å². The summed E-state index contributed by atoms with van der Waals surface area (Å²) in [5.74, 6) is 0. The van der Waals surface area contributed by atoms with Crippen molar-refractivity contribution in [3.63, 3.8) is 0 Å². The summed E-state index contributed by atoms with van der Waals surface area (Å²) in [6.45, 7) is 0.271. The number of rotatable bonds is 6. The van der Waals surface area contributed by atoms with E-state index in [-0.39, 0.29) is 6.61 Å². The highest BCUT2D eigenvalue weighted by Crippen LogP contribution is 2.08. The largest absolute Gasteiger partial charge is 0.396 e. The number of allylic oxidation sites excluding steroid dienone is 1. The van der Waals surface area contributed by atoms with Gasteiger partial charge in [-0.3, -0.25) is 0 Å². The normalized spacial score (nSPS) is 11.1. The number of aliphatic hydroxyl groups excluding tert-OH is 1. The number of halogens is 1. The lowest BCUT2D eigenvalue weighted by atomic mass is 10.1. The van der Waals surface area contributed by atoms with Gasteiger partial charge in [0, 0.05) is 11.9 Å². The van der Waals surface area contributed by atoms with Crippen molar-refractivity contribution in [2.75, 3.05) is 11.9 Å². The van der Waals surface area contributed by atoms with E-state index in [2.05, 4.69) is 52.3 Å². The Morgan fingerprint density at radius 2 is 1.93 bits per heavy atom. The van der Waals surface area contributed by atoms with Crippen molar-refractivity contribution in [1.82, 2.24) is 0 Å². The fraction of sp³-hybridized carbons (Fsp3) is 0.385. The third-order valence-corrected chi connectivity index (χ3v) is 2.65. The lowest BCUT2D eigenvalue weighted by Gasteiger charge is -2.00. The molecule has 15 heavy (non-hydrogen) atoms. The molecule has 0 atom stereocenters. The van der Waals surface area contributed by atoms with Crippen LogP contribution in [-0.2, 0) is 6.42 Å². The van der Waals surface area contributed by atoms with Gasteiger partial charge in [0.15, 0.2) is 0 Å². The Balaban J connectivity index is 2.48. The van der Waals surface area contributed by atoms with Crippen LogP contribution in [-0.4, -0.2) is 17.0 Å². The Kier molecular flexibility index (Phi) is 6.37. The molecule has 1 aromatic carbocycles. The maximum atomic E-state index is 8.71. The summed E-state index contributed by atoms with van der Waals surface area (Å²) in [6.07, 6.45) is 7.17. The zero-order valence-corrected chi connectivity index (χ0v) is 10.4. The summed E-state index contributed by atoms with van der Waals surface area (Å²) in [4.78, 5) is 0. The number of alkyl halides is 1. The molecule has 1 aromatic rings. The van der Waals surface area contributed by atoms with Crippen LogP contribution in [0.1, 0.15) is 24.0 Å². The maximum absolute atomic E-state index is 8.71. The molecule has 1 N–H and O–H groups in total. The van der Waals surface area contributed by atoms with Gasteiger partial charge in [0.2, 0.25) is 0 Å². The van der Waals surface area contributed by atoms with Crippen LogP contribution in [0.4, 0.5) is 0 Å². The van der Waals surface area contributed by atoms with Crippen LogP contribution in [0.15, 0.2) is 30.3 Å². The highest BCUT2D eigenvalue weighted by Gasteiger charge is 1.92. The van der Waals surface area contributed by atoms with Crippen LogP contribution in [0.5, 0.6) is 0 Å². The molecular formula is C13H17BrO. The Morgan fingerprint density at radius 1 is 1.20 bits per heavy atom. The van der Waals surface area contributed by atoms with Crippen molar-refractivity contribution in [1.29, 1.82) is 0 Å². The van der Waals surface area contributed by atoms with Crippen LogP contribution in [0.25, 0.3) is 6.08 Å². The number of aryl methyl sites for hydroxylation is 1. The maximum Gasteiger partial charge on any atom is 0.0434 e. The summed E-state index contributed by atoms with van der Waals surface area (Å²) in [5.41, 5.74) is 2.53. The van der Waals surface area contributed by atoms with Crippen molar-refractivity contribution < 1.29 is 5.11 Å². The predicted molar refractivity (Wildman–Crippen MR) is 69.3 cm³/mol. The molecular weight excluding hydrogens is 252 g/mol. The van der Waals surface area contributed by atoms with Gasteiger partial charge < -0.3 is 5.11 Å². The van der Waals surface area contributed by atoms with E-state index in [4.69, 9.17) is 5.11 Å². The smallest absolute Gasteiger partial charge is 0.0434 e. The summed E-state index contributed by atoms with van der Waals surface area (Å²) < 4.78 is 0. The first-order chi connectivity index (χ1) is 7.36. The zero-order chi connectivity index (χ0) is 10.9. The Labute approximate surface area is 100.0 Å². The van der Waals surface area contributed by atoms with Crippen molar-refractivity contribution in [3.8, 4) is 0 Å². The molecule has 0 aromatic heterocycles. The van der Waals surface area contributed by atoms with Crippen LogP contribution in [0, 0.1) is 0 Å². The molecule has 0 aliphatic carbocycles. The summed E-state index contributed by atoms with van der Waals surface area (Å²) in [7, 11) is 0. The lowest BCUT2D eigenvalue weighted by molar-refractivity contribution is 0.288. The van der Waals surface area contributed by atoms with Crippen LogP contribution < -0.4 is 0 Å². The second kappa shape index (κ2) is 7.66. The Morgan fingerprint density at radius 3 is 2.53 bits per heavy atom. The fourth-order valence-electron chi connectivity index (χ4n) is 1.36. The van der Waals surface area contributed by atoms with Gasteiger partial charge in [-0.15, -0.1) is 0 Å². The zero-order valence-electron chi connectivity index (χ0n) is 8.82. The highest BCUT2D eigenvalue weighted by molar-refractivity contribution is 9.09. The van der Waals surface area contributed by atoms with E-state index in [1.165, 1.54) is 11.1 Å². The molecule has 0 saturated carbocycles. The molecule has 0 fully saturated rings.